The van der Waals surface area contributed by atoms with Crippen molar-refractivity contribution in [2.75, 3.05) is 0 Å². The van der Waals surface area contributed by atoms with Gasteiger partial charge in [-0.15, -0.1) is 0 Å². The summed E-state index contributed by atoms with van der Waals surface area (Å²) in [4.78, 5) is 0. The zero-order valence-corrected chi connectivity index (χ0v) is 6.74. The second kappa shape index (κ2) is 3.01. The first kappa shape index (κ1) is 8.21. The summed E-state index contributed by atoms with van der Waals surface area (Å²) in [6.45, 7) is 0. The van der Waals surface area contributed by atoms with E-state index < -0.39 is 13.6 Å². The Labute approximate surface area is 65.8 Å². The predicted octanol–water partition coefficient (Wildman–Crippen LogP) is 0.733. The first-order valence-corrected chi connectivity index (χ1v) is 4.93. The average Bonchev–Trinajstić information content (AvgIpc) is 1.85. The first-order valence-electron chi connectivity index (χ1n) is 2.80. The molecule has 1 N–H and O–H groups in total. The molecular weight excluding hydrogens is 188 g/mol. The van der Waals surface area contributed by atoms with Crippen LogP contribution in [0.25, 0.3) is 0 Å². The minimum absolute atomic E-state index is 0.125. The summed E-state index contributed by atoms with van der Waals surface area (Å²) in [5.41, 5.74) is 0. The van der Waals surface area contributed by atoms with E-state index in [2.05, 4.69) is 3.79 Å². The number of hydrogen-bond donors (Lipinski definition) is 1. The molecule has 0 radical (unpaired) electrons. The van der Waals surface area contributed by atoms with Gasteiger partial charge in [-0.25, -0.2) is 0 Å². The van der Waals surface area contributed by atoms with Gasteiger partial charge in [-0.2, -0.15) is 0 Å². The third kappa shape index (κ3) is 3.14. The van der Waals surface area contributed by atoms with Crippen LogP contribution in [0.5, 0.6) is 5.75 Å². The molecule has 0 aromatic heterocycles. The maximum atomic E-state index is 10.2. The SMILES string of the molecule is [O]=[Cr](=[O])([OH])[O]c1ccccc1. The Kier molecular flexibility index (Phi) is 2.25. The van der Waals surface area contributed by atoms with Gasteiger partial charge in [0, 0.05) is 0 Å². The number of para-hydroxylation sites is 1. The molecule has 0 bridgehead atoms. The zero-order chi connectivity index (χ0) is 8.32. The normalized spacial score (nSPS) is 11.0. The van der Waals surface area contributed by atoms with E-state index in [0.717, 1.165) is 0 Å². The van der Waals surface area contributed by atoms with Crippen molar-refractivity contribution in [1.29, 1.82) is 0 Å². The Morgan fingerprint density at radius 1 is 1.18 bits per heavy atom. The van der Waals surface area contributed by atoms with Crippen molar-refractivity contribution in [1.82, 2.24) is 0 Å². The minimum atomic E-state index is -5.06. The fourth-order valence-corrected chi connectivity index (χ4v) is 1.15. The fourth-order valence-electron chi connectivity index (χ4n) is 0.598. The summed E-state index contributed by atoms with van der Waals surface area (Å²) in [6.07, 6.45) is 0. The van der Waals surface area contributed by atoms with Gasteiger partial charge in [0.05, 0.1) is 0 Å². The Hall–Kier alpha value is -0.888. The van der Waals surface area contributed by atoms with E-state index in [1.54, 1.807) is 18.2 Å². The van der Waals surface area contributed by atoms with Gasteiger partial charge in [0.2, 0.25) is 0 Å². The molecule has 5 heteroatoms. The first-order chi connectivity index (χ1) is 5.08. The van der Waals surface area contributed by atoms with Crippen LogP contribution in [0.2, 0.25) is 0 Å². The fraction of sp³-hybridized carbons (Fsp3) is 0. The molecule has 0 atom stereocenters. The molecule has 60 valence electrons. The molecule has 0 amide bonds. The summed E-state index contributed by atoms with van der Waals surface area (Å²) >= 11 is -5.06. The molecule has 0 heterocycles. The van der Waals surface area contributed by atoms with Crippen molar-refractivity contribution in [2.45, 2.75) is 0 Å². The van der Waals surface area contributed by atoms with E-state index in [9.17, 15) is 7.61 Å². The molecule has 0 aliphatic carbocycles. The quantitative estimate of drug-likeness (QED) is 0.753. The van der Waals surface area contributed by atoms with E-state index >= 15 is 0 Å². The standard InChI is InChI=1S/C6H6O.Cr.H2O.2O/c7-6-4-2-1-3-5-6;;;;/h1-5,7H;;1H2;;/q;+2;;;/p-2. The number of rotatable bonds is 2. The van der Waals surface area contributed by atoms with Crippen LogP contribution < -0.4 is 3.79 Å². The van der Waals surface area contributed by atoms with Gasteiger partial charge in [0.1, 0.15) is 0 Å². The van der Waals surface area contributed by atoms with Crippen LogP contribution in [0, 0.1) is 0 Å². The van der Waals surface area contributed by atoms with Crippen molar-refractivity contribution < 1.29 is 29.2 Å². The van der Waals surface area contributed by atoms with Gasteiger partial charge < -0.3 is 0 Å². The molecule has 0 aliphatic heterocycles. The second-order valence-corrected chi connectivity index (χ2v) is 3.42. The number of benzene rings is 1. The Balaban J connectivity index is 2.82. The third-order valence-corrected chi connectivity index (χ3v) is 1.57. The molecule has 0 fully saturated rings. The van der Waals surface area contributed by atoms with Gasteiger partial charge in [-0.3, -0.25) is 0 Å². The second-order valence-electron chi connectivity index (χ2n) is 1.82. The molecule has 0 aliphatic rings. The molecular formula is C6H6CrO4. The van der Waals surface area contributed by atoms with Crippen molar-refractivity contribution >= 4 is 0 Å². The predicted molar refractivity (Wildman–Crippen MR) is 30.7 cm³/mol. The van der Waals surface area contributed by atoms with Gasteiger partial charge >= 0.3 is 65.2 Å². The van der Waals surface area contributed by atoms with Crippen molar-refractivity contribution in [3.8, 4) is 5.75 Å². The molecule has 0 spiro atoms. The van der Waals surface area contributed by atoms with E-state index in [1.807, 2.05) is 0 Å². The van der Waals surface area contributed by atoms with Crippen LogP contribution in [0.3, 0.4) is 0 Å². The average molecular weight is 194 g/mol. The van der Waals surface area contributed by atoms with Gasteiger partial charge in [-0.05, 0) is 0 Å². The van der Waals surface area contributed by atoms with E-state index in [4.69, 9.17) is 4.16 Å². The molecule has 0 saturated heterocycles. The zero-order valence-electron chi connectivity index (χ0n) is 5.47. The Bertz CT molecular complexity index is 316. The van der Waals surface area contributed by atoms with Crippen LogP contribution in [0.4, 0.5) is 0 Å². The molecule has 0 unspecified atom stereocenters. The summed E-state index contributed by atoms with van der Waals surface area (Å²) in [6, 6.07) is 7.82. The van der Waals surface area contributed by atoms with E-state index in [-0.39, 0.29) is 5.75 Å². The van der Waals surface area contributed by atoms with Crippen LogP contribution in [-0.2, 0) is 21.2 Å². The molecule has 1 aromatic carbocycles. The number of hydrogen-bond acceptors (Lipinski definition) is 3. The summed E-state index contributed by atoms with van der Waals surface area (Å²) < 4.78 is 32.9. The van der Waals surface area contributed by atoms with Gasteiger partial charge in [0.15, 0.2) is 0 Å². The summed E-state index contributed by atoms with van der Waals surface area (Å²) in [5.74, 6) is 0.125. The molecule has 11 heavy (non-hydrogen) atoms. The topological polar surface area (TPSA) is 63.6 Å². The Morgan fingerprint density at radius 2 is 1.73 bits per heavy atom. The van der Waals surface area contributed by atoms with Crippen LogP contribution in [0.1, 0.15) is 0 Å². The molecule has 4 nitrogen and oxygen atoms in total. The maximum absolute atomic E-state index is 10.2. The van der Waals surface area contributed by atoms with Crippen molar-refractivity contribution in [2.24, 2.45) is 0 Å². The summed E-state index contributed by atoms with van der Waals surface area (Å²) in [7, 11) is 0. The van der Waals surface area contributed by atoms with Crippen molar-refractivity contribution in [3.05, 3.63) is 30.3 Å². The van der Waals surface area contributed by atoms with Crippen LogP contribution in [0.15, 0.2) is 30.3 Å². The van der Waals surface area contributed by atoms with Crippen LogP contribution >= 0.6 is 0 Å². The van der Waals surface area contributed by atoms with Crippen LogP contribution in [-0.4, -0.2) is 4.16 Å². The summed E-state index contributed by atoms with van der Waals surface area (Å²) in [5, 5.41) is 0. The monoisotopic (exact) mass is 194 g/mol. The van der Waals surface area contributed by atoms with E-state index in [0.29, 0.717) is 0 Å². The van der Waals surface area contributed by atoms with E-state index in [1.165, 1.54) is 12.1 Å². The molecule has 1 rings (SSSR count). The molecule has 1 aromatic rings. The third-order valence-electron chi connectivity index (χ3n) is 0.945. The van der Waals surface area contributed by atoms with Crippen molar-refractivity contribution in [3.63, 3.8) is 0 Å². The Morgan fingerprint density at radius 3 is 2.18 bits per heavy atom. The van der Waals surface area contributed by atoms with Gasteiger partial charge in [0.25, 0.3) is 0 Å². The molecule has 0 saturated carbocycles. The van der Waals surface area contributed by atoms with Gasteiger partial charge in [-0.1, -0.05) is 0 Å².